The number of carbonyl (C=O) groups excluding carboxylic acids is 1. The second kappa shape index (κ2) is 9.74. The summed E-state index contributed by atoms with van der Waals surface area (Å²) in [7, 11) is -3.67. The van der Waals surface area contributed by atoms with Crippen LogP contribution in [0.5, 0.6) is 0 Å². The van der Waals surface area contributed by atoms with Gasteiger partial charge in [0.25, 0.3) is 5.89 Å². The molecule has 2 aromatic rings. The Hall–Kier alpha value is -2.57. The molecular formula is C21H28FN3O7S. The Labute approximate surface area is 191 Å². The van der Waals surface area contributed by atoms with Gasteiger partial charge in [-0.15, -0.1) is 5.06 Å². The largest absolute Gasteiger partial charge is 0.528 e. The van der Waals surface area contributed by atoms with E-state index >= 15 is 0 Å². The number of hydrogen-bond acceptors (Lipinski definition) is 10. The van der Waals surface area contributed by atoms with Gasteiger partial charge in [-0.25, -0.2) is 17.6 Å². The second-order valence-corrected chi connectivity index (χ2v) is 10.8. The molecule has 12 heteroatoms. The first kappa shape index (κ1) is 25.1. The first-order chi connectivity index (χ1) is 15.3. The van der Waals surface area contributed by atoms with E-state index in [9.17, 15) is 17.6 Å². The van der Waals surface area contributed by atoms with E-state index in [4.69, 9.17) is 18.8 Å². The van der Waals surface area contributed by atoms with E-state index in [1.54, 1.807) is 27.7 Å². The Morgan fingerprint density at radius 1 is 1.27 bits per heavy atom. The van der Waals surface area contributed by atoms with Crippen molar-refractivity contribution in [2.75, 3.05) is 19.3 Å². The highest BCUT2D eigenvalue weighted by molar-refractivity contribution is 7.90. The minimum absolute atomic E-state index is 0.111. The molecule has 182 valence electrons. The number of halogens is 1. The van der Waals surface area contributed by atoms with Gasteiger partial charge >= 0.3 is 6.16 Å². The fourth-order valence-corrected chi connectivity index (χ4v) is 3.97. The molecular weight excluding hydrogens is 457 g/mol. The van der Waals surface area contributed by atoms with Crippen molar-refractivity contribution in [3.05, 3.63) is 29.9 Å². The molecule has 1 aliphatic rings. The van der Waals surface area contributed by atoms with E-state index in [2.05, 4.69) is 10.1 Å². The molecule has 1 aromatic heterocycles. The molecule has 0 spiro atoms. The summed E-state index contributed by atoms with van der Waals surface area (Å²) in [6.45, 7) is 8.02. The lowest BCUT2D eigenvalue weighted by molar-refractivity contribution is -0.169. The Kier molecular flexibility index (Phi) is 7.39. The Balaban J connectivity index is 1.54. The number of hydrogen-bond donors (Lipinski definition) is 0. The van der Waals surface area contributed by atoms with E-state index in [0.29, 0.717) is 25.9 Å². The quantitative estimate of drug-likeness (QED) is 0.560. The van der Waals surface area contributed by atoms with Crippen LogP contribution in [0.3, 0.4) is 0 Å². The van der Waals surface area contributed by atoms with Crippen molar-refractivity contribution in [2.45, 2.75) is 63.2 Å². The molecule has 0 saturated carbocycles. The number of carbonyl (C=O) groups is 1. The number of aromatic nitrogens is 2. The van der Waals surface area contributed by atoms with E-state index in [1.165, 1.54) is 17.2 Å². The molecule has 10 nitrogen and oxygen atoms in total. The molecule has 0 aliphatic carbocycles. The maximum atomic E-state index is 14.2. The topological polar surface area (TPSA) is 121 Å². The lowest BCUT2D eigenvalue weighted by Crippen LogP contribution is -2.40. The summed E-state index contributed by atoms with van der Waals surface area (Å²) in [5.74, 6) is -0.545. The fourth-order valence-electron chi connectivity index (χ4n) is 3.24. The van der Waals surface area contributed by atoms with Crippen LogP contribution in [0.15, 0.2) is 27.6 Å². The number of hydroxylamine groups is 2. The molecule has 1 aromatic carbocycles. The molecule has 0 radical (unpaired) electrons. The van der Waals surface area contributed by atoms with Gasteiger partial charge in [0, 0.05) is 24.9 Å². The highest BCUT2D eigenvalue weighted by atomic mass is 32.2. The number of piperidine rings is 1. The Bertz CT molecular complexity index is 1090. The van der Waals surface area contributed by atoms with Crippen molar-refractivity contribution < 1.29 is 36.4 Å². The monoisotopic (exact) mass is 485 g/mol. The minimum Gasteiger partial charge on any atom is -0.427 e. The van der Waals surface area contributed by atoms with Crippen LogP contribution in [-0.2, 0) is 24.1 Å². The number of benzene rings is 1. The van der Waals surface area contributed by atoms with Gasteiger partial charge in [-0.3, -0.25) is 0 Å². The van der Waals surface area contributed by atoms with Gasteiger partial charge in [-0.2, -0.15) is 4.98 Å². The van der Waals surface area contributed by atoms with Crippen LogP contribution in [-0.4, -0.2) is 60.8 Å². The molecule has 0 amide bonds. The first-order valence-corrected chi connectivity index (χ1v) is 12.4. The van der Waals surface area contributed by atoms with Crippen LogP contribution < -0.4 is 0 Å². The average molecular weight is 486 g/mol. The molecule has 0 bridgehead atoms. The smallest absolute Gasteiger partial charge is 0.427 e. The lowest BCUT2D eigenvalue weighted by atomic mass is 10.1. The summed E-state index contributed by atoms with van der Waals surface area (Å²) in [4.78, 5) is 20.8. The van der Waals surface area contributed by atoms with Crippen molar-refractivity contribution in [3.63, 3.8) is 0 Å². The van der Waals surface area contributed by atoms with Crippen molar-refractivity contribution >= 4 is 16.0 Å². The normalized spacial score (nSPS) is 17.0. The van der Waals surface area contributed by atoms with Crippen molar-refractivity contribution in [1.82, 2.24) is 15.2 Å². The molecule has 0 unspecified atom stereocenters. The molecule has 1 aliphatic heterocycles. The fraction of sp³-hybridized carbons (Fsp3) is 0.571. The number of nitrogens with zero attached hydrogens (tertiary/aromatic N) is 3. The van der Waals surface area contributed by atoms with Crippen molar-refractivity contribution in [1.29, 1.82) is 0 Å². The average Bonchev–Trinajstić information content (AvgIpc) is 3.17. The standard InChI is InChI=1S/C21H28FN3O7S/c1-13(29-15-8-10-25(11-9-15)32-20(26)30-21(2,3)4)19-23-18(24-31-19)14-6-7-17(16(22)12-14)33(5,27)28/h6-7,12-13,15H,8-11H2,1-5H3/t13-/m0/s1. The molecule has 1 atom stereocenters. The van der Waals surface area contributed by atoms with Gasteiger partial charge in [0.15, 0.2) is 9.84 Å². The van der Waals surface area contributed by atoms with Crippen LogP contribution in [0.4, 0.5) is 9.18 Å². The summed E-state index contributed by atoms with van der Waals surface area (Å²) < 4.78 is 53.7. The third-order valence-electron chi connectivity index (χ3n) is 4.77. The maximum absolute atomic E-state index is 14.2. The molecule has 33 heavy (non-hydrogen) atoms. The SMILES string of the molecule is C[C@H](OC1CCN(OC(=O)OC(C)(C)C)CC1)c1nc(-c2ccc(S(C)(=O)=O)c(F)c2)no1. The zero-order valence-electron chi connectivity index (χ0n) is 19.2. The zero-order valence-corrected chi connectivity index (χ0v) is 20.0. The summed E-state index contributed by atoms with van der Waals surface area (Å²) in [6, 6.07) is 3.64. The lowest BCUT2D eigenvalue weighted by Gasteiger charge is -2.31. The molecule has 3 rings (SSSR count). The zero-order chi connectivity index (χ0) is 24.4. The Morgan fingerprint density at radius 3 is 2.52 bits per heavy atom. The Morgan fingerprint density at radius 2 is 1.94 bits per heavy atom. The number of rotatable bonds is 6. The van der Waals surface area contributed by atoms with Gasteiger partial charge in [0.1, 0.15) is 22.4 Å². The summed E-state index contributed by atoms with van der Waals surface area (Å²) >= 11 is 0. The van der Waals surface area contributed by atoms with Crippen LogP contribution in [0.1, 0.15) is 52.5 Å². The van der Waals surface area contributed by atoms with Crippen molar-refractivity contribution in [2.24, 2.45) is 0 Å². The van der Waals surface area contributed by atoms with Gasteiger partial charge in [0.05, 0.1) is 6.10 Å². The predicted molar refractivity (Wildman–Crippen MR) is 114 cm³/mol. The predicted octanol–water partition coefficient (Wildman–Crippen LogP) is 3.69. The highest BCUT2D eigenvalue weighted by Gasteiger charge is 2.28. The van der Waals surface area contributed by atoms with Gasteiger partial charge in [0.2, 0.25) is 5.82 Å². The van der Waals surface area contributed by atoms with Gasteiger partial charge in [-0.1, -0.05) is 5.16 Å². The highest BCUT2D eigenvalue weighted by Crippen LogP contribution is 2.26. The molecule has 1 fully saturated rings. The molecule has 2 heterocycles. The summed E-state index contributed by atoms with van der Waals surface area (Å²) in [5, 5.41) is 5.39. The maximum Gasteiger partial charge on any atom is 0.528 e. The van der Waals surface area contributed by atoms with Gasteiger partial charge in [-0.05, 0) is 58.7 Å². The molecule has 1 saturated heterocycles. The second-order valence-electron chi connectivity index (χ2n) is 8.84. The van der Waals surface area contributed by atoms with E-state index in [-0.39, 0.29) is 23.4 Å². The molecule has 0 N–H and O–H groups in total. The van der Waals surface area contributed by atoms with Gasteiger partial charge < -0.3 is 18.8 Å². The van der Waals surface area contributed by atoms with Crippen LogP contribution >= 0.6 is 0 Å². The minimum atomic E-state index is -3.67. The summed E-state index contributed by atoms with van der Waals surface area (Å²) in [6.07, 6.45) is 0.799. The number of ether oxygens (including phenoxy) is 2. The van der Waals surface area contributed by atoms with E-state index in [0.717, 1.165) is 12.3 Å². The van der Waals surface area contributed by atoms with Crippen LogP contribution in [0.25, 0.3) is 11.4 Å². The van der Waals surface area contributed by atoms with Crippen LogP contribution in [0.2, 0.25) is 0 Å². The number of sulfone groups is 1. The van der Waals surface area contributed by atoms with Crippen molar-refractivity contribution in [3.8, 4) is 11.4 Å². The van der Waals surface area contributed by atoms with E-state index < -0.39 is 38.4 Å². The first-order valence-electron chi connectivity index (χ1n) is 10.5. The third kappa shape index (κ3) is 6.95. The summed E-state index contributed by atoms with van der Waals surface area (Å²) in [5.41, 5.74) is -0.340. The third-order valence-corrected chi connectivity index (χ3v) is 5.90. The van der Waals surface area contributed by atoms with Crippen LogP contribution in [0, 0.1) is 5.82 Å². The van der Waals surface area contributed by atoms with E-state index in [1.807, 2.05) is 0 Å².